The van der Waals surface area contributed by atoms with Crippen LogP contribution < -0.4 is 10.2 Å². The summed E-state index contributed by atoms with van der Waals surface area (Å²) in [5.41, 5.74) is 2.34. The number of ketones is 1. The second kappa shape index (κ2) is 9.92. The number of furan rings is 1. The van der Waals surface area contributed by atoms with E-state index in [9.17, 15) is 34.0 Å². The molecule has 0 bridgehead atoms. The van der Waals surface area contributed by atoms with Gasteiger partial charge in [0.25, 0.3) is 0 Å². The van der Waals surface area contributed by atoms with E-state index in [1.54, 1.807) is 36.4 Å². The quantitative estimate of drug-likeness (QED) is 0.339. The highest BCUT2D eigenvalue weighted by Crippen LogP contribution is 2.48. The smallest absolute Gasteiger partial charge is 0.433 e. The van der Waals surface area contributed by atoms with Crippen molar-refractivity contribution in [2.45, 2.75) is 37.6 Å². The van der Waals surface area contributed by atoms with Gasteiger partial charge in [-0.25, -0.2) is 4.39 Å². The second-order valence-corrected chi connectivity index (χ2v) is 9.11. The Morgan fingerprint density at radius 3 is 2.50 bits per heavy atom. The third-order valence-corrected chi connectivity index (χ3v) is 6.71. The lowest BCUT2D eigenvalue weighted by atomic mass is 9.79. The minimum absolute atomic E-state index is 0.0000368. The third-order valence-electron chi connectivity index (χ3n) is 6.71. The maximum Gasteiger partial charge on any atom is 0.433 e. The molecule has 2 aliphatic rings. The van der Waals surface area contributed by atoms with E-state index in [4.69, 9.17) is 4.42 Å². The number of fused-ring (bicyclic) bond motifs is 1. The Kier molecular flexibility index (Phi) is 6.50. The fourth-order valence-corrected chi connectivity index (χ4v) is 5.03. The summed E-state index contributed by atoms with van der Waals surface area (Å²) < 4.78 is 19.0. The number of Topliss-reactive ketones (excluding diaryl/α,β-unsaturated/α-hetero) is 1. The number of para-hydroxylation sites is 2. The molecule has 38 heavy (non-hydrogen) atoms. The number of nitrogens with zero attached hydrogens (tertiary/aromatic N) is 2. The molecule has 3 aromatic rings. The zero-order valence-electron chi connectivity index (χ0n) is 19.9. The number of hydrogen-bond acceptors (Lipinski definition) is 7. The number of carboxylic acids is 1. The minimum atomic E-state index is -1.17. The Balaban J connectivity index is 1.68. The van der Waals surface area contributed by atoms with Gasteiger partial charge in [-0.3, -0.25) is 29.4 Å². The average Bonchev–Trinajstić information content (AvgIpc) is 3.32. The van der Waals surface area contributed by atoms with Gasteiger partial charge in [-0.05, 0) is 48.2 Å². The summed E-state index contributed by atoms with van der Waals surface area (Å²) in [6.45, 7) is 0. The average molecular weight is 519 g/mol. The fraction of sp³-hybridized carbons (Fsp3) is 0.222. The first-order chi connectivity index (χ1) is 18.2. The van der Waals surface area contributed by atoms with Crippen LogP contribution in [0.25, 0.3) is 0 Å². The first-order valence-corrected chi connectivity index (χ1v) is 11.9. The summed E-state index contributed by atoms with van der Waals surface area (Å²) in [6, 6.07) is 14.0. The van der Waals surface area contributed by atoms with Crippen molar-refractivity contribution in [1.82, 2.24) is 0 Å². The Labute approximate surface area is 215 Å². The van der Waals surface area contributed by atoms with Crippen LogP contribution in [0.1, 0.15) is 49.0 Å². The lowest BCUT2D eigenvalue weighted by Gasteiger charge is -2.33. The van der Waals surface area contributed by atoms with Crippen molar-refractivity contribution in [2.24, 2.45) is 0 Å². The van der Waals surface area contributed by atoms with Gasteiger partial charge in [0.05, 0.1) is 23.9 Å². The Morgan fingerprint density at radius 1 is 1.08 bits per heavy atom. The SMILES string of the molecule is O=C(O)CCC(=O)N1c2ccccc2NC2=C(C(=O)C[C@@H](c3ccc(F)cc3)C2)[C@@H]1c1ccc([N+](=O)[O-])o1. The predicted molar refractivity (Wildman–Crippen MR) is 133 cm³/mol. The number of halogens is 1. The summed E-state index contributed by atoms with van der Waals surface area (Å²) in [7, 11) is 0. The second-order valence-electron chi connectivity index (χ2n) is 9.11. The van der Waals surface area contributed by atoms with E-state index in [0.29, 0.717) is 23.5 Å². The number of benzene rings is 2. The Hall–Kier alpha value is -4.80. The number of carbonyl (C=O) groups is 3. The number of aliphatic carboxylic acids is 1. The maximum absolute atomic E-state index is 13.8. The fourth-order valence-electron chi connectivity index (χ4n) is 5.03. The highest BCUT2D eigenvalue weighted by molar-refractivity contribution is 6.06. The maximum atomic E-state index is 13.8. The lowest BCUT2D eigenvalue weighted by molar-refractivity contribution is -0.402. The van der Waals surface area contributed by atoms with E-state index < -0.39 is 41.0 Å². The minimum Gasteiger partial charge on any atom is -0.481 e. The van der Waals surface area contributed by atoms with Crippen LogP contribution in [-0.4, -0.2) is 27.7 Å². The first-order valence-electron chi connectivity index (χ1n) is 11.9. The zero-order valence-corrected chi connectivity index (χ0v) is 19.9. The molecule has 1 aliphatic heterocycles. The van der Waals surface area contributed by atoms with Gasteiger partial charge in [-0.15, -0.1) is 0 Å². The molecular weight excluding hydrogens is 497 g/mol. The van der Waals surface area contributed by atoms with Gasteiger partial charge in [-0.2, -0.15) is 0 Å². The molecule has 2 N–H and O–H groups in total. The number of amides is 1. The van der Waals surface area contributed by atoms with Crippen LogP contribution in [0.3, 0.4) is 0 Å². The van der Waals surface area contributed by atoms with Crippen molar-refractivity contribution in [3.8, 4) is 0 Å². The van der Waals surface area contributed by atoms with Crippen LogP contribution >= 0.6 is 0 Å². The van der Waals surface area contributed by atoms with Crippen molar-refractivity contribution in [3.05, 3.63) is 99.2 Å². The molecule has 1 aliphatic carbocycles. The predicted octanol–water partition coefficient (Wildman–Crippen LogP) is 5.09. The van der Waals surface area contributed by atoms with Crippen molar-refractivity contribution >= 4 is 34.9 Å². The summed E-state index contributed by atoms with van der Waals surface area (Å²) in [5.74, 6) is -3.30. The van der Waals surface area contributed by atoms with E-state index in [1.165, 1.54) is 23.1 Å². The Morgan fingerprint density at radius 2 is 1.82 bits per heavy atom. The normalized spacial score (nSPS) is 18.8. The van der Waals surface area contributed by atoms with Crippen LogP contribution in [-0.2, 0) is 14.4 Å². The van der Waals surface area contributed by atoms with Crippen LogP contribution in [0, 0.1) is 15.9 Å². The number of anilines is 2. The molecule has 0 spiro atoms. The zero-order chi connectivity index (χ0) is 27.0. The summed E-state index contributed by atoms with van der Waals surface area (Å²) in [6.07, 6.45) is -0.406. The molecule has 194 valence electrons. The van der Waals surface area contributed by atoms with Gasteiger partial charge in [0.2, 0.25) is 5.91 Å². The van der Waals surface area contributed by atoms with Crippen LogP contribution in [0.4, 0.5) is 21.6 Å². The molecule has 0 fully saturated rings. The lowest BCUT2D eigenvalue weighted by Crippen LogP contribution is -2.38. The summed E-state index contributed by atoms with van der Waals surface area (Å²) in [5, 5.41) is 23.8. The molecule has 10 nitrogen and oxygen atoms in total. The largest absolute Gasteiger partial charge is 0.481 e. The number of nitrogens with one attached hydrogen (secondary N) is 1. The summed E-state index contributed by atoms with van der Waals surface area (Å²) >= 11 is 0. The molecule has 5 rings (SSSR count). The number of carbonyl (C=O) groups excluding carboxylic acids is 2. The van der Waals surface area contributed by atoms with Gasteiger partial charge in [0.1, 0.15) is 22.5 Å². The van der Waals surface area contributed by atoms with Gasteiger partial charge in [-0.1, -0.05) is 24.3 Å². The monoisotopic (exact) mass is 519 g/mol. The van der Waals surface area contributed by atoms with E-state index in [1.807, 2.05) is 0 Å². The number of nitro groups is 1. The molecule has 2 aromatic carbocycles. The highest BCUT2D eigenvalue weighted by atomic mass is 19.1. The molecule has 1 amide bonds. The molecule has 1 aromatic heterocycles. The van der Waals surface area contributed by atoms with Crippen LogP contribution in [0.15, 0.2) is 76.4 Å². The van der Waals surface area contributed by atoms with Gasteiger partial charge < -0.3 is 14.8 Å². The van der Waals surface area contributed by atoms with E-state index in [0.717, 1.165) is 11.6 Å². The van der Waals surface area contributed by atoms with E-state index in [-0.39, 0.29) is 35.9 Å². The topological polar surface area (TPSA) is 143 Å². The molecule has 11 heteroatoms. The van der Waals surface area contributed by atoms with E-state index >= 15 is 0 Å². The number of allylic oxidation sites excluding steroid dienone is 1. The molecule has 0 radical (unpaired) electrons. The van der Waals surface area contributed by atoms with Crippen molar-refractivity contribution in [3.63, 3.8) is 0 Å². The molecule has 0 saturated heterocycles. The Bertz CT molecular complexity index is 1480. The van der Waals surface area contributed by atoms with E-state index in [2.05, 4.69) is 5.32 Å². The summed E-state index contributed by atoms with van der Waals surface area (Å²) in [4.78, 5) is 50.5. The molecule has 2 atom stereocenters. The highest BCUT2D eigenvalue weighted by Gasteiger charge is 2.43. The third kappa shape index (κ3) is 4.65. The van der Waals surface area contributed by atoms with Gasteiger partial charge in [0.15, 0.2) is 5.78 Å². The first kappa shape index (κ1) is 24.9. The molecular formula is C27H22FN3O7. The van der Waals surface area contributed by atoms with Crippen molar-refractivity contribution < 1.29 is 33.2 Å². The van der Waals surface area contributed by atoms with Crippen LogP contribution in [0.2, 0.25) is 0 Å². The number of hydrogen-bond donors (Lipinski definition) is 2. The van der Waals surface area contributed by atoms with Gasteiger partial charge >= 0.3 is 11.9 Å². The van der Waals surface area contributed by atoms with Crippen molar-refractivity contribution in [2.75, 3.05) is 10.2 Å². The molecule has 0 unspecified atom stereocenters. The molecule has 2 heterocycles. The molecule has 0 saturated carbocycles. The standard InChI is InChI=1S/C27H22FN3O7/c28-17-7-5-15(6-8-17)16-13-19-26(21(32)14-16)27(22-9-11-24(38-22)31(36)37)30(23(33)10-12-25(34)35)20-4-2-1-3-18(20)29-19/h1-9,11,16,27,29H,10,12-14H2,(H,34,35)/t16-,27-/m0/s1. The number of rotatable bonds is 6. The number of carboxylic acid groups (broad SMARTS) is 1. The van der Waals surface area contributed by atoms with Gasteiger partial charge in [0, 0.05) is 24.1 Å². The van der Waals surface area contributed by atoms with Crippen LogP contribution in [0.5, 0.6) is 0 Å². The van der Waals surface area contributed by atoms with Crippen molar-refractivity contribution in [1.29, 1.82) is 0 Å².